The monoisotopic (exact) mass is 314 g/mol. The van der Waals surface area contributed by atoms with Gasteiger partial charge in [-0.25, -0.2) is 4.79 Å². The molecule has 1 heterocycles. The highest BCUT2D eigenvalue weighted by Crippen LogP contribution is 2.22. The standard InChI is InChI=1S/C16H14N2O3S/c19-14-8-11(17-16(22)18-14)7-9-4-5-12-10(6-9)2-1-3-13(12)15(20)21/h1-6,8,16-17,22H,7H2,(H,18,19)(H,20,21). The number of carbonyl (C=O) groups is 2. The lowest BCUT2D eigenvalue weighted by atomic mass is 10.00. The molecular formula is C16H14N2O3S. The van der Waals surface area contributed by atoms with Crippen LogP contribution in [0.3, 0.4) is 0 Å². The number of aromatic carboxylic acids is 1. The summed E-state index contributed by atoms with van der Waals surface area (Å²) in [4.78, 5) is 22.7. The largest absolute Gasteiger partial charge is 0.478 e. The van der Waals surface area contributed by atoms with E-state index in [0.717, 1.165) is 16.6 Å². The number of benzene rings is 2. The highest BCUT2D eigenvalue weighted by atomic mass is 32.1. The van der Waals surface area contributed by atoms with Crippen molar-refractivity contribution >= 4 is 35.3 Å². The third-order valence-corrected chi connectivity index (χ3v) is 3.73. The summed E-state index contributed by atoms with van der Waals surface area (Å²) in [7, 11) is 0. The second-order valence-electron chi connectivity index (χ2n) is 5.07. The van der Waals surface area contributed by atoms with Crippen molar-refractivity contribution in [3.05, 3.63) is 59.3 Å². The predicted octanol–water partition coefficient (Wildman–Crippen LogP) is 1.90. The normalized spacial score (nSPS) is 17.6. The van der Waals surface area contributed by atoms with Gasteiger partial charge in [0, 0.05) is 18.2 Å². The summed E-state index contributed by atoms with van der Waals surface area (Å²) in [5, 5.41) is 16.5. The second-order valence-corrected chi connectivity index (χ2v) is 5.58. The fourth-order valence-corrected chi connectivity index (χ4v) is 2.83. The fraction of sp³-hybridized carbons (Fsp3) is 0.125. The van der Waals surface area contributed by atoms with E-state index in [4.69, 9.17) is 0 Å². The van der Waals surface area contributed by atoms with Crippen molar-refractivity contribution in [1.29, 1.82) is 0 Å². The number of hydrogen-bond acceptors (Lipinski definition) is 4. The summed E-state index contributed by atoms with van der Waals surface area (Å²) in [5.74, 6) is -1.12. The first kappa shape index (κ1) is 14.5. The number of amides is 1. The first-order chi connectivity index (χ1) is 10.5. The summed E-state index contributed by atoms with van der Waals surface area (Å²) in [6.07, 6.45) is 2.06. The Morgan fingerprint density at radius 2 is 2.05 bits per heavy atom. The molecule has 1 amide bonds. The van der Waals surface area contributed by atoms with Crippen LogP contribution in [0.25, 0.3) is 10.8 Å². The molecule has 0 bridgehead atoms. The number of rotatable bonds is 3. The van der Waals surface area contributed by atoms with Crippen LogP contribution in [0.2, 0.25) is 0 Å². The molecule has 112 valence electrons. The Labute approximate surface area is 132 Å². The molecule has 1 aliphatic rings. The zero-order chi connectivity index (χ0) is 15.7. The minimum absolute atomic E-state index is 0.178. The molecule has 0 saturated carbocycles. The molecular weight excluding hydrogens is 300 g/mol. The molecule has 5 nitrogen and oxygen atoms in total. The number of fused-ring (bicyclic) bond motifs is 1. The van der Waals surface area contributed by atoms with Gasteiger partial charge < -0.3 is 15.7 Å². The van der Waals surface area contributed by atoms with Gasteiger partial charge in [0.25, 0.3) is 0 Å². The molecule has 0 radical (unpaired) electrons. The zero-order valence-corrected chi connectivity index (χ0v) is 12.4. The van der Waals surface area contributed by atoms with E-state index in [2.05, 4.69) is 23.3 Å². The van der Waals surface area contributed by atoms with Gasteiger partial charge in [-0.1, -0.05) is 30.3 Å². The number of carboxylic acid groups (broad SMARTS) is 1. The van der Waals surface area contributed by atoms with E-state index in [0.29, 0.717) is 11.8 Å². The van der Waals surface area contributed by atoms with Crippen LogP contribution in [0, 0.1) is 0 Å². The summed E-state index contributed by atoms with van der Waals surface area (Å²) < 4.78 is 0. The molecule has 1 unspecified atom stereocenters. The molecule has 6 heteroatoms. The van der Waals surface area contributed by atoms with E-state index in [1.165, 1.54) is 6.08 Å². The number of carbonyl (C=O) groups excluding carboxylic acids is 1. The first-order valence-electron chi connectivity index (χ1n) is 6.73. The topological polar surface area (TPSA) is 78.4 Å². The van der Waals surface area contributed by atoms with Crippen molar-refractivity contribution in [2.45, 2.75) is 11.9 Å². The van der Waals surface area contributed by atoms with E-state index >= 15 is 0 Å². The molecule has 3 N–H and O–H groups in total. The number of allylic oxidation sites excluding steroid dienone is 1. The smallest absolute Gasteiger partial charge is 0.336 e. The minimum atomic E-state index is -0.940. The van der Waals surface area contributed by atoms with Crippen molar-refractivity contribution in [3.63, 3.8) is 0 Å². The Bertz CT molecular complexity index is 801. The number of hydrogen-bond donors (Lipinski definition) is 4. The van der Waals surface area contributed by atoms with Crippen LogP contribution >= 0.6 is 12.6 Å². The van der Waals surface area contributed by atoms with Crippen molar-refractivity contribution in [1.82, 2.24) is 10.6 Å². The molecule has 22 heavy (non-hydrogen) atoms. The van der Waals surface area contributed by atoms with Crippen LogP contribution in [0.15, 0.2) is 48.2 Å². The van der Waals surface area contributed by atoms with E-state index in [1.807, 2.05) is 18.2 Å². The van der Waals surface area contributed by atoms with Gasteiger partial charge in [-0.2, -0.15) is 0 Å². The van der Waals surface area contributed by atoms with Crippen LogP contribution in [-0.4, -0.2) is 22.5 Å². The molecule has 3 rings (SSSR count). The Hall–Kier alpha value is -2.47. The van der Waals surface area contributed by atoms with Crippen molar-refractivity contribution in [2.75, 3.05) is 0 Å². The fourth-order valence-electron chi connectivity index (χ4n) is 2.54. The van der Waals surface area contributed by atoms with Crippen molar-refractivity contribution < 1.29 is 14.7 Å². The lowest BCUT2D eigenvalue weighted by Gasteiger charge is -2.22. The van der Waals surface area contributed by atoms with Crippen LogP contribution in [0.1, 0.15) is 15.9 Å². The quantitative estimate of drug-likeness (QED) is 0.653. The van der Waals surface area contributed by atoms with Gasteiger partial charge in [0.1, 0.15) is 5.50 Å². The molecule has 1 aliphatic heterocycles. The summed E-state index contributed by atoms with van der Waals surface area (Å²) in [6, 6.07) is 10.8. The number of nitrogens with one attached hydrogen (secondary N) is 2. The van der Waals surface area contributed by atoms with Crippen LogP contribution in [-0.2, 0) is 11.2 Å². The molecule has 2 aromatic rings. The molecule has 2 aromatic carbocycles. The molecule has 0 spiro atoms. The van der Waals surface area contributed by atoms with E-state index in [9.17, 15) is 14.7 Å². The van der Waals surface area contributed by atoms with Gasteiger partial charge in [0.05, 0.1) is 5.56 Å². The van der Waals surface area contributed by atoms with Crippen molar-refractivity contribution in [3.8, 4) is 0 Å². The maximum atomic E-state index is 11.5. The first-order valence-corrected chi connectivity index (χ1v) is 7.25. The SMILES string of the molecule is O=C1C=C(Cc2ccc3c(C(=O)O)cccc3c2)NC(S)N1. The highest BCUT2D eigenvalue weighted by molar-refractivity contribution is 7.80. The molecule has 0 fully saturated rings. The lowest BCUT2D eigenvalue weighted by molar-refractivity contribution is -0.117. The molecule has 0 aromatic heterocycles. The van der Waals surface area contributed by atoms with E-state index in [1.54, 1.807) is 18.2 Å². The lowest BCUT2D eigenvalue weighted by Crippen LogP contribution is -2.45. The van der Waals surface area contributed by atoms with Gasteiger partial charge in [-0.3, -0.25) is 4.79 Å². The molecule has 0 saturated heterocycles. The van der Waals surface area contributed by atoms with Gasteiger partial charge in [-0.05, 0) is 22.4 Å². The van der Waals surface area contributed by atoms with Crippen LogP contribution < -0.4 is 10.6 Å². The third kappa shape index (κ3) is 2.92. The van der Waals surface area contributed by atoms with Gasteiger partial charge in [0.15, 0.2) is 0 Å². The van der Waals surface area contributed by atoms with Crippen LogP contribution in [0.5, 0.6) is 0 Å². The Morgan fingerprint density at radius 3 is 2.77 bits per heavy atom. The summed E-state index contributed by atoms with van der Waals surface area (Å²) in [6.45, 7) is 0. The van der Waals surface area contributed by atoms with Gasteiger partial charge in [-0.15, -0.1) is 12.6 Å². The third-order valence-electron chi connectivity index (χ3n) is 3.48. The van der Waals surface area contributed by atoms with Gasteiger partial charge >= 0.3 is 5.97 Å². The van der Waals surface area contributed by atoms with Crippen molar-refractivity contribution in [2.24, 2.45) is 0 Å². The summed E-state index contributed by atoms with van der Waals surface area (Å²) >= 11 is 4.19. The Balaban J connectivity index is 1.93. The molecule has 0 aliphatic carbocycles. The zero-order valence-electron chi connectivity index (χ0n) is 11.5. The predicted molar refractivity (Wildman–Crippen MR) is 86.7 cm³/mol. The van der Waals surface area contributed by atoms with Gasteiger partial charge in [0.2, 0.25) is 5.91 Å². The number of thiol groups is 1. The second kappa shape index (κ2) is 5.73. The van der Waals surface area contributed by atoms with E-state index < -0.39 is 11.5 Å². The number of carboxylic acids is 1. The Morgan fingerprint density at radius 1 is 1.23 bits per heavy atom. The maximum absolute atomic E-state index is 11.5. The molecule has 1 atom stereocenters. The highest BCUT2D eigenvalue weighted by Gasteiger charge is 2.15. The summed E-state index contributed by atoms with van der Waals surface area (Å²) in [5.41, 5.74) is 1.65. The van der Waals surface area contributed by atoms with E-state index in [-0.39, 0.29) is 11.5 Å². The van der Waals surface area contributed by atoms with Crippen LogP contribution in [0.4, 0.5) is 0 Å². The maximum Gasteiger partial charge on any atom is 0.336 e. The average molecular weight is 314 g/mol. The Kier molecular flexibility index (Phi) is 3.77. The minimum Gasteiger partial charge on any atom is -0.478 e. The average Bonchev–Trinajstić information content (AvgIpc) is 2.45.